The molecule has 168 valence electrons. The molecular formula is C28H35N3O. The standard InChI is InChI=1S/C28H35N3O/c1-21-19-25-23-11-7-12-24(23)28(29-14-13-22-9-3-2-4-10-22)30-26(25)20-27(21)32-18-8-17-31-15-5-6-16-31/h2-4,9-10,19-20H,5-8,11-18H2,1H3,(H,29,30). The molecule has 1 aliphatic heterocycles. The SMILES string of the molecule is Cc1cc2c3c(c(NCCc4ccccc4)nc2cc1OCCCN1CCCC1)CCC3. The molecule has 2 aliphatic rings. The van der Waals surface area contributed by atoms with Gasteiger partial charge in [-0.05, 0) is 93.3 Å². The number of nitrogens with zero attached hydrogens (tertiary/aromatic N) is 2. The van der Waals surface area contributed by atoms with Gasteiger partial charge in [-0.2, -0.15) is 0 Å². The fraction of sp³-hybridized carbons (Fsp3) is 0.464. The van der Waals surface area contributed by atoms with Crippen LogP contribution in [0.3, 0.4) is 0 Å². The lowest BCUT2D eigenvalue weighted by Gasteiger charge is -2.17. The molecule has 0 unspecified atom stereocenters. The summed E-state index contributed by atoms with van der Waals surface area (Å²) in [5.41, 5.74) is 6.55. The summed E-state index contributed by atoms with van der Waals surface area (Å²) in [6, 6.07) is 15.1. The first kappa shape index (κ1) is 21.3. The molecule has 0 spiro atoms. The van der Waals surface area contributed by atoms with Crippen LogP contribution >= 0.6 is 0 Å². The largest absolute Gasteiger partial charge is 0.493 e. The van der Waals surface area contributed by atoms with Crippen molar-refractivity contribution in [1.29, 1.82) is 0 Å². The van der Waals surface area contributed by atoms with Crippen LogP contribution in [0.2, 0.25) is 0 Å². The average Bonchev–Trinajstić information content (AvgIpc) is 3.51. The van der Waals surface area contributed by atoms with Crippen LogP contribution in [0.5, 0.6) is 5.75 Å². The molecule has 0 radical (unpaired) electrons. The Labute approximate surface area is 192 Å². The van der Waals surface area contributed by atoms with Gasteiger partial charge in [0.15, 0.2) is 0 Å². The topological polar surface area (TPSA) is 37.4 Å². The van der Waals surface area contributed by atoms with Gasteiger partial charge in [-0.1, -0.05) is 30.3 Å². The van der Waals surface area contributed by atoms with Crippen LogP contribution in [0, 0.1) is 6.92 Å². The van der Waals surface area contributed by atoms with E-state index in [2.05, 4.69) is 59.6 Å². The van der Waals surface area contributed by atoms with E-state index in [4.69, 9.17) is 9.72 Å². The van der Waals surface area contributed by atoms with Crippen molar-refractivity contribution < 1.29 is 4.74 Å². The van der Waals surface area contributed by atoms with E-state index in [9.17, 15) is 0 Å². The first-order valence-electron chi connectivity index (χ1n) is 12.4. The van der Waals surface area contributed by atoms with Gasteiger partial charge in [0.05, 0.1) is 12.1 Å². The van der Waals surface area contributed by atoms with Gasteiger partial charge in [0.1, 0.15) is 11.6 Å². The normalized spacial score (nSPS) is 15.9. The third kappa shape index (κ3) is 4.75. The number of hydrogen-bond donors (Lipinski definition) is 1. The van der Waals surface area contributed by atoms with Crippen molar-refractivity contribution in [2.24, 2.45) is 0 Å². The maximum atomic E-state index is 6.22. The molecule has 1 fully saturated rings. The summed E-state index contributed by atoms with van der Waals surface area (Å²) in [5.74, 6) is 2.06. The first-order chi connectivity index (χ1) is 15.8. The van der Waals surface area contributed by atoms with Gasteiger partial charge in [0, 0.05) is 24.5 Å². The molecule has 1 N–H and O–H groups in total. The Morgan fingerprint density at radius 3 is 2.66 bits per heavy atom. The molecule has 5 rings (SSSR count). The highest BCUT2D eigenvalue weighted by molar-refractivity contribution is 5.88. The van der Waals surface area contributed by atoms with E-state index in [1.165, 1.54) is 60.0 Å². The van der Waals surface area contributed by atoms with Gasteiger partial charge < -0.3 is 15.0 Å². The van der Waals surface area contributed by atoms with E-state index >= 15 is 0 Å². The summed E-state index contributed by atoms with van der Waals surface area (Å²) < 4.78 is 6.22. The molecule has 4 heteroatoms. The zero-order valence-electron chi connectivity index (χ0n) is 19.3. The van der Waals surface area contributed by atoms with Crippen molar-refractivity contribution in [2.75, 3.05) is 38.1 Å². The van der Waals surface area contributed by atoms with Crippen LogP contribution in [-0.4, -0.2) is 42.7 Å². The molecular weight excluding hydrogens is 394 g/mol. The first-order valence-corrected chi connectivity index (χ1v) is 12.4. The lowest BCUT2D eigenvalue weighted by Crippen LogP contribution is -2.22. The Morgan fingerprint density at radius 2 is 1.81 bits per heavy atom. The number of hydrogen-bond acceptors (Lipinski definition) is 4. The van der Waals surface area contributed by atoms with Crippen molar-refractivity contribution in [3.63, 3.8) is 0 Å². The molecule has 0 saturated carbocycles. The van der Waals surface area contributed by atoms with Crippen LogP contribution in [0.4, 0.5) is 5.82 Å². The number of pyridine rings is 1. The van der Waals surface area contributed by atoms with E-state index in [1.54, 1.807) is 0 Å². The van der Waals surface area contributed by atoms with Gasteiger partial charge in [0.25, 0.3) is 0 Å². The summed E-state index contributed by atoms with van der Waals surface area (Å²) in [6.07, 6.45) is 8.29. The molecule has 2 aromatic carbocycles. The Bertz CT molecular complexity index is 1060. The maximum absolute atomic E-state index is 6.22. The molecule has 4 nitrogen and oxygen atoms in total. The summed E-state index contributed by atoms with van der Waals surface area (Å²) in [4.78, 5) is 7.62. The zero-order valence-corrected chi connectivity index (χ0v) is 19.3. The van der Waals surface area contributed by atoms with Crippen molar-refractivity contribution in [2.45, 2.75) is 51.9 Å². The molecule has 0 amide bonds. The minimum atomic E-state index is 0.774. The maximum Gasteiger partial charge on any atom is 0.130 e. The highest BCUT2D eigenvalue weighted by Crippen LogP contribution is 2.36. The van der Waals surface area contributed by atoms with Crippen molar-refractivity contribution in [1.82, 2.24) is 9.88 Å². The second-order valence-electron chi connectivity index (χ2n) is 9.32. The Morgan fingerprint density at radius 1 is 1.00 bits per heavy atom. The third-order valence-corrected chi connectivity index (χ3v) is 6.98. The summed E-state index contributed by atoms with van der Waals surface area (Å²) in [6.45, 7) is 7.50. The lowest BCUT2D eigenvalue weighted by atomic mass is 10.0. The predicted octanol–water partition coefficient (Wildman–Crippen LogP) is 5.55. The molecule has 1 aromatic heterocycles. The van der Waals surface area contributed by atoms with Crippen LogP contribution < -0.4 is 10.1 Å². The van der Waals surface area contributed by atoms with Crippen LogP contribution in [-0.2, 0) is 19.3 Å². The molecule has 2 heterocycles. The number of benzene rings is 2. The number of anilines is 1. The highest BCUT2D eigenvalue weighted by Gasteiger charge is 2.21. The number of rotatable bonds is 9. The van der Waals surface area contributed by atoms with Gasteiger partial charge in [-0.25, -0.2) is 4.98 Å². The summed E-state index contributed by atoms with van der Waals surface area (Å²) in [7, 11) is 0. The third-order valence-electron chi connectivity index (χ3n) is 6.98. The molecule has 1 aliphatic carbocycles. The van der Waals surface area contributed by atoms with Crippen LogP contribution in [0.15, 0.2) is 42.5 Å². The van der Waals surface area contributed by atoms with Gasteiger partial charge in [0.2, 0.25) is 0 Å². The van der Waals surface area contributed by atoms with Crippen LogP contribution in [0.1, 0.15) is 47.9 Å². The molecule has 3 aromatic rings. The van der Waals surface area contributed by atoms with E-state index < -0.39 is 0 Å². The number of likely N-dealkylation sites (tertiary alicyclic amines) is 1. The van der Waals surface area contributed by atoms with Crippen molar-refractivity contribution in [3.05, 3.63) is 64.7 Å². The molecule has 0 bridgehead atoms. The highest BCUT2D eigenvalue weighted by atomic mass is 16.5. The van der Waals surface area contributed by atoms with Gasteiger partial charge in [-0.15, -0.1) is 0 Å². The number of fused-ring (bicyclic) bond motifs is 3. The number of ether oxygens (including phenoxy) is 1. The summed E-state index contributed by atoms with van der Waals surface area (Å²) in [5, 5.41) is 4.96. The second-order valence-corrected chi connectivity index (χ2v) is 9.32. The van der Waals surface area contributed by atoms with Gasteiger partial charge >= 0.3 is 0 Å². The molecule has 32 heavy (non-hydrogen) atoms. The fourth-order valence-electron chi connectivity index (χ4n) is 5.25. The van der Waals surface area contributed by atoms with E-state index in [0.29, 0.717) is 0 Å². The second kappa shape index (κ2) is 9.91. The Kier molecular flexibility index (Phi) is 6.59. The average molecular weight is 430 g/mol. The quantitative estimate of drug-likeness (QED) is 0.453. The predicted molar refractivity (Wildman–Crippen MR) is 133 cm³/mol. The minimum absolute atomic E-state index is 0.774. The van der Waals surface area contributed by atoms with E-state index in [0.717, 1.165) is 62.5 Å². The lowest BCUT2D eigenvalue weighted by molar-refractivity contribution is 0.262. The zero-order chi connectivity index (χ0) is 21.8. The Hall–Kier alpha value is -2.59. The Balaban J connectivity index is 1.30. The molecule has 1 saturated heterocycles. The molecule has 0 atom stereocenters. The van der Waals surface area contributed by atoms with E-state index in [1.807, 2.05) is 0 Å². The monoisotopic (exact) mass is 429 g/mol. The number of nitrogens with one attached hydrogen (secondary N) is 1. The number of aromatic nitrogens is 1. The number of aryl methyl sites for hydroxylation is 2. The summed E-state index contributed by atoms with van der Waals surface area (Å²) >= 11 is 0. The smallest absolute Gasteiger partial charge is 0.130 e. The van der Waals surface area contributed by atoms with Crippen molar-refractivity contribution >= 4 is 16.7 Å². The minimum Gasteiger partial charge on any atom is -0.493 e. The van der Waals surface area contributed by atoms with Gasteiger partial charge in [-0.3, -0.25) is 0 Å². The van der Waals surface area contributed by atoms with Crippen molar-refractivity contribution in [3.8, 4) is 5.75 Å². The fourth-order valence-corrected chi connectivity index (χ4v) is 5.25. The van der Waals surface area contributed by atoms with E-state index in [-0.39, 0.29) is 0 Å². The van der Waals surface area contributed by atoms with Crippen LogP contribution in [0.25, 0.3) is 10.9 Å².